The van der Waals surface area contributed by atoms with E-state index in [-0.39, 0.29) is 5.91 Å². The first-order valence-corrected chi connectivity index (χ1v) is 6.02. The van der Waals surface area contributed by atoms with Gasteiger partial charge in [0.05, 0.1) is 0 Å². The van der Waals surface area contributed by atoms with E-state index in [4.69, 9.17) is 0 Å². The number of carbonyl (C=O) groups excluding carboxylic acids is 1. The van der Waals surface area contributed by atoms with Crippen LogP contribution >= 0.6 is 0 Å². The van der Waals surface area contributed by atoms with E-state index in [1.807, 2.05) is 45.0 Å². The second kappa shape index (κ2) is 5.04. The van der Waals surface area contributed by atoms with Gasteiger partial charge in [-0.3, -0.25) is 9.89 Å². The first-order valence-electron chi connectivity index (χ1n) is 6.02. The van der Waals surface area contributed by atoms with Crippen LogP contribution in [0.1, 0.15) is 28.7 Å². The molecule has 0 spiro atoms. The van der Waals surface area contributed by atoms with Gasteiger partial charge in [0.2, 0.25) is 0 Å². The van der Waals surface area contributed by atoms with Crippen molar-refractivity contribution in [3.63, 3.8) is 0 Å². The molecule has 0 radical (unpaired) electrons. The number of anilines is 1. The second-order valence-electron chi connectivity index (χ2n) is 4.32. The summed E-state index contributed by atoms with van der Waals surface area (Å²) in [5, 5.41) is 6.81. The zero-order valence-corrected chi connectivity index (χ0v) is 10.9. The Hall–Kier alpha value is -2.10. The average molecular weight is 243 g/mol. The topological polar surface area (TPSA) is 49.0 Å². The summed E-state index contributed by atoms with van der Waals surface area (Å²) < 4.78 is 0. The lowest BCUT2D eigenvalue weighted by molar-refractivity contribution is 0.0983. The molecule has 2 rings (SSSR count). The minimum atomic E-state index is -0.0764. The minimum Gasteiger partial charge on any atom is -0.307 e. The van der Waals surface area contributed by atoms with Gasteiger partial charge in [-0.2, -0.15) is 5.10 Å². The van der Waals surface area contributed by atoms with Crippen LogP contribution in [-0.4, -0.2) is 22.6 Å². The van der Waals surface area contributed by atoms with Gasteiger partial charge in [0, 0.05) is 17.9 Å². The molecule has 0 aliphatic carbocycles. The number of aryl methyl sites for hydroxylation is 2. The minimum absolute atomic E-state index is 0.0764. The molecule has 0 saturated heterocycles. The summed E-state index contributed by atoms with van der Waals surface area (Å²) in [4.78, 5) is 14.1. The molecule has 4 nitrogen and oxygen atoms in total. The molecule has 0 aliphatic rings. The summed E-state index contributed by atoms with van der Waals surface area (Å²) in [6, 6.07) is 9.67. The third kappa shape index (κ3) is 2.42. The molecule has 1 amide bonds. The van der Waals surface area contributed by atoms with E-state index in [0.29, 0.717) is 12.2 Å². The molecule has 1 N–H and O–H groups in total. The van der Waals surface area contributed by atoms with Crippen molar-refractivity contribution in [1.29, 1.82) is 0 Å². The number of amides is 1. The van der Waals surface area contributed by atoms with Crippen LogP contribution in [0.2, 0.25) is 0 Å². The Balaban J connectivity index is 2.31. The van der Waals surface area contributed by atoms with Gasteiger partial charge in [0.15, 0.2) is 5.69 Å². The zero-order chi connectivity index (χ0) is 13.1. The molecule has 0 fully saturated rings. The fraction of sp³-hybridized carbons (Fsp3) is 0.286. The predicted molar refractivity (Wildman–Crippen MR) is 71.9 cm³/mol. The third-order valence-corrected chi connectivity index (χ3v) is 2.80. The second-order valence-corrected chi connectivity index (χ2v) is 4.32. The summed E-state index contributed by atoms with van der Waals surface area (Å²) >= 11 is 0. The number of H-pyrrole nitrogens is 1. The molecule has 94 valence electrons. The fourth-order valence-corrected chi connectivity index (χ4v) is 1.91. The van der Waals surface area contributed by atoms with Gasteiger partial charge in [0.25, 0.3) is 5.91 Å². The van der Waals surface area contributed by atoms with Crippen LogP contribution in [0.15, 0.2) is 30.3 Å². The number of rotatable bonds is 3. The van der Waals surface area contributed by atoms with E-state index >= 15 is 0 Å². The number of carbonyl (C=O) groups is 1. The maximum atomic E-state index is 12.3. The molecule has 18 heavy (non-hydrogen) atoms. The maximum absolute atomic E-state index is 12.3. The van der Waals surface area contributed by atoms with Gasteiger partial charge in [-0.1, -0.05) is 12.1 Å². The lowest BCUT2D eigenvalue weighted by Crippen LogP contribution is -2.30. The molecular formula is C14H17N3O. The van der Waals surface area contributed by atoms with E-state index in [0.717, 1.165) is 16.9 Å². The molecular weight excluding hydrogens is 226 g/mol. The van der Waals surface area contributed by atoms with Gasteiger partial charge in [0.1, 0.15) is 0 Å². The maximum Gasteiger partial charge on any atom is 0.278 e. The Morgan fingerprint density at radius 1 is 1.33 bits per heavy atom. The summed E-state index contributed by atoms with van der Waals surface area (Å²) in [5.41, 5.74) is 3.38. The number of benzene rings is 1. The van der Waals surface area contributed by atoms with Crippen molar-refractivity contribution in [2.75, 3.05) is 11.4 Å². The largest absolute Gasteiger partial charge is 0.307 e. The third-order valence-electron chi connectivity index (χ3n) is 2.80. The Bertz CT molecular complexity index is 560. The molecule has 0 saturated carbocycles. The van der Waals surface area contributed by atoms with Crippen LogP contribution in [0.3, 0.4) is 0 Å². The molecule has 0 aliphatic heterocycles. The number of aromatic nitrogens is 2. The van der Waals surface area contributed by atoms with E-state index in [1.165, 1.54) is 0 Å². The first-order chi connectivity index (χ1) is 8.61. The van der Waals surface area contributed by atoms with Gasteiger partial charge in [-0.25, -0.2) is 0 Å². The monoisotopic (exact) mass is 243 g/mol. The highest BCUT2D eigenvalue weighted by Crippen LogP contribution is 2.18. The molecule has 1 aromatic heterocycles. The first kappa shape index (κ1) is 12.4. The normalized spacial score (nSPS) is 10.4. The van der Waals surface area contributed by atoms with Gasteiger partial charge in [-0.15, -0.1) is 0 Å². The Morgan fingerprint density at radius 2 is 2.11 bits per heavy atom. The van der Waals surface area contributed by atoms with Crippen molar-refractivity contribution in [3.05, 3.63) is 47.3 Å². The van der Waals surface area contributed by atoms with Crippen LogP contribution in [-0.2, 0) is 0 Å². The number of nitrogens with zero attached hydrogens (tertiary/aromatic N) is 2. The van der Waals surface area contributed by atoms with Crippen molar-refractivity contribution in [1.82, 2.24) is 10.2 Å². The average Bonchev–Trinajstić information content (AvgIpc) is 2.77. The highest BCUT2D eigenvalue weighted by molar-refractivity contribution is 6.04. The van der Waals surface area contributed by atoms with Crippen molar-refractivity contribution in [2.24, 2.45) is 0 Å². The highest BCUT2D eigenvalue weighted by Gasteiger charge is 2.18. The Morgan fingerprint density at radius 3 is 2.67 bits per heavy atom. The fourth-order valence-electron chi connectivity index (χ4n) is 1.91. The quantitative estimate of drug-likeness (QED) is 0.901. The number of hydrogen-bond donors (Lipinski definition) is 1. The predicted octanol–water partition coefficient (Wildman–Crippen LogP) is 2.69. The highest BCUT2D eigenvalue weighted by atomic mass is 16.2. The van der Waals surface area contributed by atoms with Crippen LogP contribution in [0.5, 0.6) is 0 Å². The number of hydrogen-bond acceptors (Lipinski definition) is 2. The van der Waals surface area contributed by atoms with Crippen LogP contribution in [0.25, 0.3) is 0 Å². The summed E-state index contributed by atoms with van der Waals surface area (Å²) in [5.74, 6) is -0.0764. The van der Waals surface area contributed by atoms with Crippen molar-refractivity contribution in [2.45, 2.75) is 20.8 Å². The molecule has 4 heteroatoms. The standard InChI is InChI=1S/C14H17N3O/c1-4-17(12-7-5-6-10(2)8-12)14(18)13-9-11(3)15-16-13/h5-9H,4H2,1-3H3,(H,15,16). The smallest absolute Gasteiger partial charge is 0.278 e. The van der Waals surface area contributed by atoms with Gasteiger partial charge in [-0.05, 0) is 44.5 Å². The summed E-state index contributed by atoms with van der Waals surface area (Å²) in [6.45, 7) is 6.47. The zero-order valence-electron chi connectivity index (χ0n) is 10.9. The van der Waals surface area contributed by atoms with Crippen LogP contribution in [0, 0.1) is 13.8 Å². The summed E-state index contributed by atoms with van der Waals surface area (Å²) in [7, 11) is 0. The van der Waals surface area contributed by atoms with Crippen molar-refractivity contribution >= 4 is 11.6 Å². The Kier molecular flexibility index (Phi) is 3.46. The van der Waals surface area contributed by atoms with Gasteiger partial charge >= 0.3 is 0 Å². The van der Waals surface area contributed by atoms with Crippen LogP contribution in [0.4, 0.5) is 5.69 Å². The molecule has 1 heterocycles. The van der Waals surface area contributed by atoms with Crippen molar-refractivity contribution in [3.8, 4) is 0 Å². The SMILES string of the molecule is CCN(C(=O)c1cc(C)[nH]n1)c1cccc(C)c1. The van der Waals surface area contributed by atoms with E-state index < -0.39 is 0 Å². The molecule has 2 aromatic rings. The lowest BCUT2D eigenvalue weighted by Gasteiger charge is -2.20. The van der Waals surface area contributed by atoms with Crippen LogP contribution < -0.4 is 4.90 Å². The molecule has 0 atom stereocenters. The van der Waals surface area contributed by atoms with Crippen molar-refractivity contribution < 1.29 is 4.79 Å². The van der Waals surface area contributed by atoms with E-state index in [2.05, 4.69) is 10.2 Å². The summed E-state index contributed by atoms with van der Waals surface area (Å²) in [6.07, 6.45) is 0. The lowest BCUT2D eigenvalue weighted by atomic mass is 10.2. The van der Waals surface area contributed by atoms with Gasteiger partial charge < -0.3 is 4.90 Å². The number of aromatic amines is 1. The number of nitrogens with one attached hydrogen (secondary N) is 1. The van der Waals surface area contributed by atoms with E-state index in [9.17, 15) is 4.79 Å². The van der Waals surface area contributed by atoms with E-state index in [1.54, 1.807) is 11.0 Å². The molecule has 0 unspecified atom stereocenters. The molecule has 1 aromatic carbocycles. The Labute approximate surface area is 107 Å². The molecule has 0 bridgehead atoms.